The summed E-state index contributed by atoms with van der Waals surface area (Å²) in [5.41, 5.74) is 0. The van der Waals surface area contributed by atoms with E-state index in [2.05, 4.69) is 0 Å². The highest BCUT2D eigenvalue weighted by Gasteiger charge is 2.39. The number of hydrogen-bond acceptors (Lipinski definition) is 2. The molecule has 0 aliphatic carbocycles. The average Bonchev–Trinajstić information content (AvgIpc) is 1.99. The summed E-state index contributed by atoms with van der Waals surface area (Å²) in [6.45, 7) is 2.74. The zero-order valence-electron chi connectivity index (χ0n) is 8.33. The van der Waals surface area contributed by atoms with E-state index in [4.69, 9.17) is 0 Å². The maximum atomic E-state index is 12.7. The van der Waals surface area contributed by atoms with Gasteiger partial charge in [0.25, 0.3) is 5.91 Å². The topological polar surface area (TPSA) is 40.5 Å². The maximum absolute atomic E-state index is 12.7. The smallest absolute Gasteiger partial charge is 0.322 e. The molecule has 0 saturated carbocycles. The Kier molecular flexibility index (Phi) is 3.09. The SMILES string of the molecule is CC1CC(O)CN(C(=O)C(C)(F)F)C1. The van der Waals surface area contributed by atoms with E-state index in [1.807, 2.05) is 6.92 Å². The lowest BCUT2D eigenvalue weighted by Crippen LogP contribution is -2.50. The number of β-amino-alcohol motifs (C(OH)–C–C–N with tert-alkyl or cyclic N) is 1. The second-order valence-electron chi connectivity index (χ2n) is 4.09. The first-order valence-electron chi connectivity index (χ1n) is 4.66. The van der Waals surface area contributed by atoms with Crippen LogP contribution in [0.5, 0.6) is 0 Å². The summed E-state index contributed by atoms with van der Waals surface area (Å²) >= 11 is 0. The fraction of sp³-hybridized carbons (Fsp3) is 0.889. The Hall–Kier alpha value is -0.710. The molecule has 3 nitrogen and oxygen atoms in total. The molecule has 0 aromatic rings. The molecule has 5 heteroatoms. The Balaban J connectivity index is 2.64. The van der Waals surface area contributed by atoms with Gasteiger partial charge in [-0.3, -0.25) is 4.79 Å². The van der Waals surface area contributed by atoms with Crippen LogP contribution in [0.2, 0.25) is 0 Å². The molecule has 1 aliphatic rings. The number of likely N-dealkylation sites (tertiary alicyclic amines) is 1. The van der Waals surface area contributed by atoms with Crippen LogP contribution in [0.4, 0.5) is 8.78 Å². The van der Waals surface area contributed by atoms with Gasteiger partial charge in [0.05, 0.1) is 6.10 Å². The lowest BCUT2D eigenvalue weighted by Gasteiger charge is -2.35. The summed E-state index contributed by atoms with van der Waals surface area (Å²) in [6, 6.07) is 0. The number of carbonyl (C=O) groups excluding carboxylic acids is 1. The number of nitrogens with zero attached hydrogens (tertiary/aromatic N) is 1. The normalized spacial score (nSPS) is 29.1. The zero-order chi connectivity index (χ0) is 10.9. The van der Waals surface area contributed by atoms with Crippen LogP contribution < -0.4 is 0 Å². The van der Waals surface area contributed by atoms with Crippen molar-refractivity contribution in [3.05, 3.63) is 0 Å². The molecular weight excluding hydrogens is 192 g/mol. The number of aliphatic hydroxyl groups excluding tert-OH is 1. The van der Waals surface area contributed by atoms with Gasteiger partial charge in [-0.2, -0.15) is 8.78 Å². The van der Waals surface area contributed by atoms with Crippen molar-refractivity contribution in [3.63, 3.8) is 0 Å². The van der Waals surface area contributed by atoms with E-state index >= 15 is 0 Å². The molecule has 0 radical (unpaired) electrons. The Labute approximate surface area is 81.7 Å². The monoisotopic (exact) mass is 207 g/mol. The molecule has 14 heavy (non-hydrogen) atoms. The van der Waals surface area contributed by atoms with Crippen LogP contribution in [-0.2, 0) is 4.79 Å². The van der Waals surface area contributed by atoms with Crippen LogP contribution in [0.15, 0.2) is 0 Å². The first-order valence-corrected chi connectivity index (χ1v) is 4.66. The number of rotatable bonds is 1. The van der Waals surface area contributed by atoms with Gasteiger partial charge < -0.3 is 10.0 Å². The summed E-state index contributed by atoms with van der Waals surface area (Å²) in [5.74, 6) is -4.45. The van der Waals surface area contributed by atoms with Gasteiger partial charge in [-0.1, -0.05) is 6.92 Å². The number of hydrogen-bond donors (Lipinski definition) is 1. The van der Waals surface area contributed by atoms with Crippen molar-refractivity contribution in [3.8, 4) is 0 Å². The van der Waals surface area contributed by atoms with E-state index in [0.717, 1.165) is 4.90 Å². The van der Waals surface area contributed by atoms with Crippen molar-refractivity contribution in [2.75, 3.05) is 13.1 Å². The number of amides is 1. The van der Waals surface area contributed by atoms with Crippen molar-refractivity contribution in [1.82, 2.24) is 4.90 Å². The molecule has 2 unspecified atom stereocenters. The van der Waals surface area contributed by atoms with Crippen molar-refractivity contribution >= 4 is 5.91 Å². The number of halogens is 2. The Morgan fingerprint density at radius 1 is 1.50 bits per heavy atom. The molecule has 2 atom stereocenters. The predicted molar refractivity (Wildman–Crippen MR) is 47.0 cm³/mol. The minimum Gasteiger partial charge on any atom is -0.391 e. The second kappa shape index (κ2) is 3.81. The Morgan fingerprint density at radius 2 is 2.07 bits per heavy atom. The summed E-state index contributed by atoms with van der Waals surface area (Å²) in [5, 5.41) is 9.33. The van der Waals surface area contributed by atoms with Crippen LogP contribution in [-0.4, -0.2) is 41.0 Å². The Morgan fingerprint density at radius 3 is 2.50 bits per heavy atom. The van der Waals surface area contributed by atoms with Gasteiger partial charge in [-0.25, -0.2) is 0 Å². The third-order valence-electron chi connectivity index (χ3n) is 2.30. The molecule has 0 bridgehead atoms. The van der Waals surface area contributed by atoms with Crippen molar-refractivity contribution in [2.24, 2.45) is 5.92 Å². The average molecular weight is 207 g/mol. The third kappa shape index (κ3) is 2.64. The molecule has 0 spiro atoms. The maximum Gasteiger partial charge on any atom is 0.322 e. The van der Waals surface area contributed by atoms with E-state index in [1.54, 1.807) is 0 Å². The number of carbonyl (C=O) groups is 1. The molecule has 1 rings (SSSR count). The molecule has 1 heterocycles. The Bertz CT molecular complexity index is 217. The van der Waals surface area contributed by atoms with E-state index in [9.17, 15) is 18.7 Å². The molecule has 0 aromatic carbocycles. The summed E-state index contributed by atoms with van der Waals surface area (Å²) < 4.78 is 25.4. The molecule has 1 aliphatic heterocycles. The van der Waals surface area contributed by atoms with Gasteiger partial charge >= 0.3 is 5.92 Å². The van der Waals surface area contributed by atoms with Gasteiger partial charge in [0.15, 0.2) is 0 Å². The van der Waals surface area contributed by atoms with Crippen LogP contribution in [0.25, 0.3) is 0 Å². The molecule has 0 aromatic heterocycles. The van der Waals surface area contributed by atoms with E-state index < -0.39 is 17.9 Å². The fourth-order valence-electron chi connectivity index (χ4n) is 1.76. The lowest BCUT2D eigenvalue weighted by molar-refractivity contribution is -0.159. The molecule has 1 saturated heterocycles. The largest absolute Gasteiger partial charge is 0.391 e. The van der Waals surface area contributed by atoms with Crippen molar-refractivity contribution in [1.29, 1.82) is 0 Å². The van der Waals surface area contributed by atoms with E-state index in [1.165, 1.54) is 0 Å². The quantitative estimate of drug-likeness (QED) is 0.693. The van der Waals surface area contributed by atoms with Crippen LogP contribution in [0.3, 0.4) is 0 Å². The van der Waals surface area contributed by atoms with E-state index in [0.29, 0.717) is 19.9 Å². The standard InChI is InChI=1S/C9H15F2NO2/c1-6-3-7(13)5-12(4-6)8(14)9(2,10)11/h6-7,13H,3-5H2,1-2H3. The highest BCUT2D eigenvalue weighted by atomic mass is 19.3. The number of alkyl halides is 2. The van der Waals surface area contributed by atoms with Gasteiger partial charge in [-0.15, -0.1) is 0 Å². The van der Waals surface area contributed by atoms with Gasteiger partial charge in [0.2, 0.25) is 0 Å². The van der Waals surface area contributed by atoms with Gasteiger partial charge in [0, 0.05) is 20.0 Å². The molecule has 1 N–H and O–H groups in total. The zero-order valence-corrected chi connectivity index (χ0v) is 8.33. The van der Waals surface area contributed by atoms with Crippen LogP contribution >= 0.6 is 0 Å². The van der Waals surface area contributed by atoms with Crippen LogP contribution in [0, 0.1) is 5.92 Å². The van der Waals surface area contributed by atoms with E-state index in [-0.39, 0.29) is 12.5 Å². The summed E-state index contributed by atoms with van der Waals surface area (Å²) in [6.07, 6.45) is -0.107. The predicted octanol–water partition coefficient (Wildman–Crippen LogP) is 0.871. The molecule has 1 amide bonds. The molecule has 82 valence electrons. The minimum atomic E-state index is -3.34. The third-order valence-corrected chi connectivity index (χ3v) is 2.30. The van der Waals surface area contributed by atoms with Gasteiger partial charge in [-0.05, 0) is 12.3 Å². The summed E-state index contributed by atoms with van der Waals surface area (Å²) in [7, 11) is 0. The summed E-state index contributed by atoms with van der Waals surface area (Å²) in [4.78, 5) is 12.2. The molecule has 1 fully saturated rings. The van der Waals surface area contributed by atoms with Crippen molar-refractivity contribution in [2.45, 2.75) is 32.3 Å². The first kappa shape index (κ1) is 11.4. The highest BCUT2D eigenvalue weighted by molar-refractivity contribution is 5.83. The first-order chi connectivity index (χ1) is 6.30. The lowest BCUT2D eigenvalue weighted by atomic mass is 9.97. The number of piperidine rings is 1. The van der Waals surface area contributed by atoms with Crippen molar-refractivity contribution < 1.29 is 18.7 Å². The minimum absolute atomic E-state index is 0.0204. The fourth-order valence-corrected chi connectivity index (χ4v) is 1.76. The van der Waals surface area contributed by atoms with Gasteiger partial charge in [0.1, 0.15) is 0 Å². The number of aliphatic hydroxyl groups is 1. The second-order valence-corrected chi connectivity index (χ2v) is 4.09. The molecular formula is C9H15F2NO2. The van der Waals surface area contributed by atoms with Crippen LogP contribution in [0.1, 0.15) is 20.3 Å². The highest BCUT2D eigenvalue weighted by Crippen LogP contribution is 2.22.